The van der Waals surface area contributed by atoms with Crippen molar-refractivity contribution < 1.29 is 22.4 Å². The molecule has 128 valence electrons. The molecule has 0 aliphatic rings. The zero-order chi connectivity index (χ0) is 18.1. The number of nitrogens with zero attached hydrogens (tertiary/aromatic N) is 2. The molecule has 3 nitrogen and oxygen atoms in total. The van der Waals surface area contributed by atoms with Gasteiger partial charge in [-0.25, -0.2) is 9.37 Å². The number of rotatable bonds is 3. The molecule has 0 radical (unpaired) electrons. The first-order valence-corrected chi connectivity index (χ1v) is 7.18. The topological polar surface area (TPSA) is 33.2 Å². The predicted octanol–water partition coefficient (Wildman–Crippen LogP) is 4.38. The number of alkyl halides is 3. The molecule has 0 bridgehead atoms. The van der Waals surface area contributed by atoms with E-state index in [9.17, 15) is 22.4 Å². The van der Waals surface area contributed by atoms with Crippen LogP contribution in [0.2, 0.25) is 0 Å². The average molecular weight is 340 g/mol. The SMILES string of the molecule is Cc1nc(C(F)(F)F)ccc1C(=O)N(C)C(C)c1ccc(F)cc1. The van der Waals surface area contributed by atoms with E-state index < -0.39 is 17.8 Å². The third-order valence-electron chi connectivity index (χ3n) is 3.86. The lowest BCUT2D eigenvalue weighted by Crippen LogP contribution is -2.30. The van der Waals surface area contributed by atoms with Crippen molar-refractivity contribution >= 4 is 5.91 Å². The molecule has 0 fully saturated rings. The third-order valence-corrected chi connectivity index (χ3v) is 3.86. The number of carbonyl (C=O) groups is 1. The molecular formula is C17H16F4N2O. The van der Waals surface area contributed by atoms with Crippen molar-refractivity contribution in [2.45, 2.75) is 26.1 Å². The third kappa shape index (κ3) is 3.72. The molecule has 0 spiro atoms. The van der Waals surface area contributed by atoms with Crippen molar-refractivity contribution in [2.75, 3.05) is 7.05 Å². The Balaban J connectivity index is 2.26. The van der Waals surface area contributed by atoms with Gasteiger partial charge in [-0.2, -0.15) is 13.2 Å². The molecule has 1 heterocycles. The van der Waals surface area contributed by atoms with Gasteiger partial charge in [-0.15, -0.1) is 0 Å². The van der Waals surface area contributed by atoms with E-state index in [1.165, 1.54) is 31.0 Å². The second kappa shape index (κ2) is 6.59. The van der Waals surface area contributed by atoms with Crippen LogP contribution >= 0.6 is 0 Å². The normalized spacial score (nSPS) is 12.8. The minimum absolute atomic E-state index is 0.00739. The lowest BCUT2D eigenvalue weighted by molar-refractivity contribution is -0.141. The van der Waals surface area contributed by atoms with Crippen molar-refractivity contribution in [2.24, 2.45) is 0 Å². The largest absolute Gasteiger partial charge is 0.433 e. The highest BCUT2D eigenvalue weighted by Gasteiger charge is 2.33. The van der Waals surface area contributed by atoms with Crippen LogP contribution in [0, 0.1) is 12.7 Å². The van der Waals surface area contributed by atoms with Gasteiger partial charge in [0.25, 0.3) is 5.91 Å². The summed E-state index contributed by atoms with van der Waals surface area (Å²) in [5, 5.41) is 0. The van der Waals surface area contributed by atoms with E-state index in [2.05, 4.69) is 4.98 Å². The van der Waals surface area contributed by atoms with Crippen molar-refractivity contribution in [3.63, 3.8) is 0 Å². The van der Waals surface area contributed by atoms with Gasteiger partial charge in [0.15, 0.2) is 0 Å². The first-order chi connectivity index (χ1) is 11.1. The van der Waals surface area contributed by atoms with E-state index in [-0.39, 0.29) is 23.1 Å². The van der Waals surface area contributed by atoms with Crippen LogP contribution in [0.4, 0.5) is 17.6 Å². The number of carbonyl (C=O) groups excluding carboxylic acids is 1. The Labute approximate surface area is 136 Å². The molecule has 2 aromatic rings. The molecule has 0 saturated heterocycles. The maximum atomic E-state index is 13.0. The summed E-state index contributed by atoms with van der Waals surface area (Å²) in [4.78, 5) is 17.4. The summed E-state index contributed by atoms with van der Waals surface area (Å²) in [7, 11) is 1.54. The molecule has 0 saturated carbocycles. The van der Waals surface area contributed by atoms with Gasteiger partial charge in [0.1, 0.15) is 11.5 Å². The Bertz CT molecular complexity index is 741. The number of halogens is 4. The van der Waals surface area contributed by atoms with Crippen LogP contribution in [0.15, 0.2) is 36.4 Å². The summed E-state index contributed by atoms with van der Waals surface area (Å²) in [5.41, 5.74) is -0.219. The second-order valence-corrected chi connectivity index (χ2v) is 5.47. The van der Waals surface area contributed by atoms with Gasteiger partial charge < -0.3 is 4.90 Å². The lowest BCUT2D eigenvalue weighted by Gasteiger charge is -2.26. The Hall–Kier alpha value is -2.44. The van der Waals surface area contributed by atoms with Gasteiger partial charge in [0, 0.05) is 7.05 Å². The van der Waals surface area contributed by atoms with Crippen LogP contribution in [0.3, 0.4) is 0 Å². The summed E-state index contributed by atoms with van der Waals surface area (Å²) in [6.45, 7) is 3.11. The summed E-state index contributed by atoms with van der Waals surface area (Å²) < 4.78 is 50.9. The van der Waals surface area contributed by atoms with E-state index in [4.69, 9.17) is 0 Å². The van der Waals surface area contributed by atoms with E-state index >= 15 is 0 Å². The standard InChI is InChI=1S/C17H16F4N2O/c1-10-14(8-9-15(22-10)17(19,20)21)16(24)23(3)11(2)12-4-6-13(18)7-5-12/h4-9,11H,1-3H3. The molecule has 0 N–H and O–H groups in total. The van der Waals surface area contributed by atoms with Crippen LogP contribution in [0.1, 0.15) is 40.3 Å². The number of aryl methyl sites for hydroxylation is 1. The van der Waals surface area contributed by atoms with Crippen molar-refractivity contribution in [1.29, 1.82) is 0 Å². The quantitative estimate of drug-likeness (QED) is 0.777. The summed E-state index contributed by atoms with van der Waals surface area (Å²) >= 11 is 0. The van der Waals surface area contributed by atoms with Crippen LogP contribution < -0.4 is 0 Å². The number of hydrogen-bond acceptors (Lipinski definition) is 2. The summed E-state index contributed by atoms with van der Waals surface area (Å²) in [5.74, 6) is -0.840. The Morgan fingerprint density at radius 1 is 1.12 bits per heavy atom. The Kier molecular flexibility index (Phi) is 4.91. The predicted molar refractivity (Wildman–Crippen MR) is 80.9 cm³/mol. The van der Waals surface area contributed by atoms with E-state index in [0.29, 0.717) is 5.56 Å². The number of hydrogen-bond donors (Lipinski definition) is 0. The fourth-order valence-corrected chi connectivity index (χ4v) is 2.28. The highest BCUT2D eigenvalue weighted by molar-refractivity contribution is 5.95. The first-order valence-electron chi connectivity index (χ1n) is 7.18. The van der Waals surface area contributed by atoms with Gasteiger partial charge in [-0.3, -0.25) is 4.79 Å². The number of aromatic nitrogens is 1. The molecule has 0 aliphatic carbocycles. The number of amides is 1. The van der Waals surface area contributed by atoms with Crippen molar-refractivity contribution in [1.82, 2.24) is 9.88 Å². The van der Waals surface area contributed by atoms with Crippen LogP contribution in [-0.4, -0.2) is 22.8 Å². The first kappa shape index (κ1) is 17.9. The van der Waals surface area contributed by atoms with Gasteiger partial charge in [-0.05, 0) is 43.7 Å². The van der Waals surface area contributed by atoms with Crippen LogP contribution in [0.25, 0.3) is 0 Å². The fraction of sp³-hybridized carbons (Fsp3) is 0.294. The van der Waals surface area contributed by atoms with Crippen LogP contribution in [0.5, 0.6) is 0 Å². The monoisotopic (exact) mass is 340 g/mol. The van der Waals surface area contributed by atoms with E-state index in [0.717, 1.165) is 12.1 Å². The molecule has 1 amide bonds. The van der Waals surface area contributed by atoms with E-state index in [1.54, 1.807) is 19.1 Å². The van der Waals surface area contributed by atoms with E-state index in [1.807, 2.05) is 0 Å². The highest BCUT2D eigenvalue weighted by atomic mass is 19.4. The van der Waals surface area contributed by atoms with Crippen molar-refractivity contribution in [3.05, 3.63) is 64.7 Å². The minimum atomic E-state index is -4.56. The van der Waals surface area contributed by atoms with Gasteiger partial charge in [0.2, 0.25) is 0 Å². The number of benzene rings is 1. The van der Waals surface area contributed by atoms with Crippen LogP contribution in [-0.2, 0) is 6.18 Å². The van der Waals surface area contributed by atoms with Gasteiger partial charge >= 0.3 is 6.18 Å². The molecule has 1 aromatic carbocycles. The van der Waals surface area contributed by atoms with Gasteiger partial charge in [0.05, 0.1) is 17.3 Å². The van der Waals surface area contributed by atoms with Crippen molar-refractivity contribution in [3.8, 4) is 0 Å². The molecular weight excluding hydrogens is 324 g/mol. The molecule has 2 rings (SSSR count). The smallest absolute Gasteiger partial charge is 0.335 e. The lowest BCUT2D eigenvalue weighted by atomic mass is 10.1. The second-order valence-electron chi connectivity index (χ2n) is 5.47. The maximum Gasteiger partial charge on any atom is 0.433 e. The minimum Gasteiger partial charge on any atom is -0.335 e. The molecule has 1 aromatic heterocycles. The molecule has 7 heteroatoms. The number of pyridine rings is 1. The zero-order valence-electron chi connectivity index (χ0n) is 13.4. The zero-order valence-corrected chi connectivity index (χ0v) is 13.4. The highest BCUT2D eigenvalue weighted by Crippen LogP contribution is 2.29. The summed E-state index contributed by atoms with van der Waals surface area (Å²) in [6, 6.07) is 7.23. The molecule has 24 heavy (non-hydrogen) atoms. The Morgan fingerprint density at radius 2 is 1.71 bits per heavy atom. The molecule has 0 aliphatic heterocycles. The maximum absolute atomic E-state index is 13.0. The molecule has 1 unspecified atom stereocenters. The Morgan fingerprint density at radius 3 is 2.21 bits per heavy atom. The van der Waals surface area contributed by atoms with Gasteiger partial charge in [-0.1, -0.05) is 12.1 Å². The molecule has 1 atom stereocenters. The summed E-state index contributed by atoms with van der Waals surface area (Å²) in [6.07, 6.45) is -4.56. The fourth-order valence-electron chi connectivity index (χ4n) is 2.28. The average Bonchev–Trinajstić information content (AvgIpc) is 2.52.